The number of rotatable bonds is 9. The molecule has 0 saturated heterocycles. The first-order chi connectivity index (χ1) is 15.3. The molecule has 3 atom stereocenters. The molecule has 0 bridgehead atoms. The smallest absolute Gasteiger partial charge is 0.223 e. The van der Waals surface area contributed by atoms with Gasteiger partial charge in [0.1, 0.15) is 23.7 Å². The minimum atomic E-state index is -0.947. The lowest BCUT2D eigenvalue weighted by molar-refractivity contribution is 0.133. The predicted molar refractivity (Wildman–Crippen MR) is 118 cm³/mol. The lowest BCUT2D eigenvalue weighted by Gasteiger charge is -2.28. The maximum atomic E-state index is 13.7. The van der Waals surface area contributed by atoms with E-state index < -0.39 is 30.1 Å². The van der Waals surface area contributed by atoms with E-state index in [0.717, 1.165) is 22.4 Å². The molecule has 1 aliphatic heterocycles. The highest BCUT2D eigenvalue weighted by atomic mass is 19.1. The second-order valence-corrected chi connectivity index (χ2v) is 7.34. The van der Waals surface area contributed by atoms with Crippen LogP contribution in [0.2, 0.25) is 0 Å². The monoisotopic (exact) mass is 447 g/mol. The summed E-state index contributed by atoms with van der Waals surface area (Å²) in [7, 11) is 1.59. The maximum Gasteiger partial charge on any atom is 0.223 e. The summed E-state index contributed by atoms with van der Waals surface area (Å²) in [5.74, 6) is 5.10. The average Bonchev–Trinajstić information content (AvgIpc) is 2.75. The fraction of sp³-hybridized carbons (Fsp3) is 0.333. The van der Waals surface area contributed by atoms with Gasteiger partial charge in [0.15, 0.2) is 6.29 Å². The van der Waals surface area contributed by atoms with Gasteiger partial charge in [-0.3, -0.25) is 10.7 Å². The van der Waals surface area contributed by atoms with Gasteiger partial charge in [0, 0.05) is 19.2 Å². The number of aliphatic hydroxyl groups is 1. The molecule has 0 radical (unpaired) electrons. The van der Waals surface area contributed by atoms with E-state index in [0.29, 0.717) is 12.1 Å². The highest BCUT2D eigenvalue weighted by molar-refractivity contribution is 5.89. The molecule has 0 fully saturated rings. The number of hydrogen-bond donors (Lipinski definition) is 5. The number of hydrogen-bond acceptors (Lipinski definition) is 9. The molecule has 0 amide bonds. The summed E-state index contributed by atoms with van der Waals surface area (Å²) in [5.41, 5.74) is 7.13. The first-order valence-corrected chi connectivity index (χ1v) is 9.98. The number of nitrogens with two attached hydrogens (primary N) is 2. The third-order valence-corrected chi connectivity index (χ3v) is 4.85. The summed E-state index contributed by atoms with van der Waals surface area (Å²) in [6.07, 6.45) is -0.373. The topological polar surface area (TPSA) is 134 Å². The molecule has 172 valence electrons. The molecule has 3 rings (SSSR count). The molecular formula is C21H27F2N7O2. The van der Waals surface area contributed by atoms with Gasteiger partial charge in [-0.15, -0.1) is 0 Å². The first-order valence-electron chi connectivity index (χ1n) is 9.98. The van der Waals surface area contributed by atoms with Crippen molar-refractivity contribution >= 4 is 12.3 Å². The molecule has 32 heavy (non-hydrogen) atoms. The van der Waals surface area contributed by atoms with E-state index in [1.165, 1.54) is 18.5 Å². The zero-order valence-corrected chi connectivity index (χ0v) is 17.6. The number of methoxy groups -OCH3 is 1. The van der Waals surface area contributed by atoms with E-state index in [1.807, 2.05) is 24.3 Å². The Balaban J connectivity index is 1.68. The number of nitrogens with zero attached hydrogens (tertiary/aromatic N) is 3. The van der Waals surface area contributed by atoms with Crippen molar-refractivity contribution in [2.45, 2.75) is 31.4 Å². The molecule has 3 unspecified atom stereocenters. The highest BCUT2D eigenvalue weighted by Crippen LogP contribution is 2.14. The Hall–Kier alpha value is -3.12. The fourth-order valence-corrected chi connectivity index (χ4v) is 3.21. The average molecular weight is 447 g/mol. The SMILES string of the molecule is COc1cccc(CNCC(O)C(Cc2cc(F)cc(F)c2)NC2=NC(N)N(N)C=N2)c1. The lowest BCUT2D eigenvalue weighted by atomic mass is 10.0. The van der Waals surface area contributed by atoms with E-state index >= 15 is 0 Å². The van der Waals surface area contributed by atoms with Crippen LogP contribution < -0.4 is 26.9 Å². The Bertz CT molecular complexity index is 953. The Morgan fingerprint density at radius 3 is 2.62 bits per heavy atom. The normalized spacial score (nSPS) is 17.6. The largest absolute Gasteiger partial charge is 0.497 e. The van der Waals surface area contributed by atoms with Crippen LogP contribution in [0.4, 0.5) is 8.78 Å². The van der Waals surface area contributed by atoms with Gasteiger partial charge in [0.05, 0.1) is 19.3 Å². The van der Waals surface area contributed by atoms with Crippen molar-refractivity contribution in [1.82, 2.24) is 15.6 Å². The van der Waals surface area contributed by atoms with Crippen LogP contribution in [0.5, 0.6) is 5.75 Å². The Morgan fingerprint density at radius 2 is 1.94 bits per heavy atom. The van der Waals surface area contributed by atoms with Crippen molar-refractivity contribution in [1.29, 1.82) is 0 Å². The van der Waals surface area contributed by atoms with Crippen LogP contribution in [-0.2, 0) is 13.0 Å². The molecule has 1 heterocycles. The van der Waals surface area contributed by atoms with Crippen LogP contribution in [0.15, 0.2) is 52.4 Å². The molecule has 11 heteroatoms. The number of aliphatic hydroxyl groups excluding tert-OH is 1. The molecular weight excluding hydrogens is 420 g/mol. The molecule has 2 aromatic rings. The summed E-state index contributed by atoms with van der Waals surface area (Å²) in [5, 5.41) is 18.1. The zero-order valence-electron chi connectivity index (χ0n) is 17.6. The molecule has 1 aliphatic rings. The highest BCUT2D eigenvalue weighted by Gasteiger charge is 2.23. The zero-order chi connectivity index (χ0) is 23.1. The van der Waals surface area contributed by atoms with Gasteiger partial charge >= 0.3 is 0 Å². The van der Waals surface area contributed by atoms with Crippen LogP contribution in [0.1, 0.15) is 11.1 Å². The van der Waals surface area contributed by atoms with Crippen molar-refractivity contribution < 1.29 is 18.6 Å². The number of ether oxygens (including phenoxy) is 1. The van der Waals surface area contributed by atoms with Crippen LogP contribution in [0.3, 0.4) is 0 Å². The minimum absolute atomic E-state index is 0.118. The Labute approximate surface area is 184 Å². The number of hydrazine groups is 1. The summed E-state index contributed by atoms with van der Waals surface area (Å²) < 4.78 is 32.5. The predicted octanol–water partition coefficient (Wildman–Crippen LogP) is 0.441. The van der Waals surface area contributed by atoms with E-state index in [-0.39, 0.29) is 18.9 Å². The lowest BCUT2D eigenvalue weighted by Crippen LogP contribution is -2.52. The van der Waals surface area contributed by atoms with Crippen molar-refractivity contribution in [3.8, 4) is 5.75 Å². The molecule has 0 spiro atoms. The Kier molecular flexibility index (Phi) is 8.06. The Morgan fingerprint density at radius 1 is 1.19 bits per heavy atom. The minimum Gasteiger partial charge on any atom is -0.497 e. The number of aliphatic imine (C=N–C) groups is 2. The number of nitrogens with one attached hydrogen (secondary N) is 2. The van der Waals surface area contributed by atoms with Gasteiger partial charge in [0.2, 0.25) is 5.96 Å². The van der Waals surface area contributed by atoms with Crippen LogP contribution in [0.25, 0.3) is 0 Å². The van der Waals surface area contributed by atoms with Gasteiger partial charge < -0.3 is 20.5 Å². The van der Waals surface area contributed by atoms with Crippen molar-refractivity contribution in [3.63, 3.8) is 0 Å². The number of guanidine groups is 1. The standard InChI is InChI=1S/C21H27F2N7O2/c1-32-17-4-2-3-13(7-17)10-26-11-19(31)18(8-14-5-15(22)9-16(23)6-14)28-21-27-12-30(25)20(24)29-21/h2-7,9,12,18-20,26,31H,8,10-11,24-25H2,1H3,(H,28,29). The fourth-order valence-electron chi connectivity index (χ4n) is 3.21. The van der Waals surface area contributed by atoms with Crippen LogP contribution in [0, 0.1) is 11.6 Å². The van der Waals surface area contributed by atoms with Gasteiger partial charge in [-0.05, 0) is 41.8 Å². The van der Waals surface area contributed by atoms with Gasteiger partial charge in [-0.1, -0.05) is 12.1 Å². The third kappa shape index (κ3) is 6.69. The second-order valence-electron chi connectivity index (χ2n) is 7.34. The van der Waals surface area contributed by atoms with Gasteiger partial charge in [-0.2, -0.15) is 0 Å². The number of halogens is 2. The molecule has 9 nitrogen and oxygen atoms in total. The molecule has 0 aromatic heterocycles. The van der Waals surface area contributed by atoms with Gasteiger partial charge in [-0.25, -0.2) is 24.6 Å². The van der Waals surface area contributed by atoms with E-state index in [9.17, 15) is 13.9 Å². The van der Waals surface area contributed by atoms with Crippen molar-refractivity contribution in [2.75, 3.05) is 13.7 Å². The third-order valence-electron chi connectivity index (χ3n) is 4.85. The van der Waals surface area contributed by atoms with Gasteiger partial charge in [0.25, 0.3) is 0 Å². The maximum absolute atomic E-state index is 13.7. The number of benzene rings is 2. The van der Waals surface area contributed by atoms with Crippen LogP contribution >= 0.6 is 0 Å². The molecule has 2 aromatic carbocycles. The molecule has 7 N–H and O–H groups in total. The summed E-state index contributed by atoms with van der Waals surface area (Å²) in [4.78, 5) is 8.15. The van der Waals surface area contributed by atoms with E-state index in [1.54, 1.807) is 7.11 Å². The first kappa shape index (κ1) is 23.5. The van der Waals surface area contributed by atoms with E-state index in [4.69, 9.17) is 16.3 Å². The second kappa shape index (κ2) is 11.0. The van der Waals surface area contributed by atoms with Crippen molar-refractivity contribution in [2.24, 2.45) is 21.6 Å². The van der Waals surface area contributed by atoms with E-state index in [2.05, 4.69) is 20.6 Å². The summed E-state index contributed by atoms with van der Waals surface area (Å²) >= 11 is 0. The van der Waals surface area contributed by atoms with Crippen LogP contribution in [-0.4, -0.2) is 54.5 Å². The summed E-state index contributed by atoms with van der Waals surface area (Å²) in [6.45, 7) is 0.681. The van der Waals surface area contributed by atoms with Crippen molar-refractivity contribution in [3.05, 3.63) is 65.2 Å². The quantitative estimate of drug-likeness (QED) is 0.352. The summed E-state index contributed by atoms with van der Waals surface area (Å²) in [6, 6.07) is 10.1. The molecule has 0 saturated carbocycles. The molecule has 0 aliphatic carbocycles.